The van der Waals surface area contributed by atoms with Crippen molar-refractivity contribution in [1.29, 1.82) is 10.5 Å². The number of aromatic amines is 1. The van der Waals surface area contributed by atoms with Crippen LogP contribution >= 0.6 is 0 Å². The molecule has 5 heteroatoms. The van der Waals surface area contributed by atoms with Gasteiger partial charge in [0, 0.05) is 28.9 Å². The van der Waals surface area contributed by atoms with Gasteiger partial charge >= 0.3 is 0 Å². The third kappa shape index (κ3) is 2.76. The molecule has 0 spiro atoms. The van der Waals surface area contributed by atoms with E-state index in [9.17, 15) is 5.26 Å². The van der Waals surface area contributed by atoms with Crippen LogP contribution in [0.4, 0.5) is 0 Å². The number of H-pyrrole nitrogens is 1. The summed E-state index contributed by atoms with van der Waals surface area (Å²) < 4.78 is 5.25. The molecule has 23 heavy (non-hydrogen) atoms. The first kappa shape index (κ1) is 14.4. The standard InChI is InChI=1S/C18H12N4O/c1-23-15-4-5-18-16(7-15)17(11-22-18)13(8-19)6-12-2-3-14(9-20)21-10-12/h2-7,10-11,22H,1H3. The molecule has 0 unspecified atom stereocenters. The van der Waals surface area contributed by atoms with Gasteiger partial charge in [0.2, 0.25) is 0 Å². The highest BCUT2D eigenvalue weighted by molar-refractivity contribution is 6.01. The number of methoxy groups -OCH3 is 1. The van der Waals surface area contributed by atoms with Crippen LogP contribution in [0, 0.1) is 22.7 Å². The largest absolute Gasteiger partial charge is 0.497 e. The number of aromatic nitrogens is 2. The molecule has 110 valence electrons. The summed E-state index contributed by atoms with van der Waals surface area (Å²) in [5.41, 5.74) is 3.34. The van der Waals surface area contributed by atoms with Crippen molar-refractivity contribution < 1.29 is 4.74 Å². The zero-order valence-corrected chi connectivity index (χ0v) is 12.4. The van der Waals surface area contributed by atoms with Crippen LogP contribution in [0.25, 0.3) is 22.6 Å². The van der Waals surface area contributed by atoms with E-state index in [1.54, 1.807) is 37.7 Å². The molecular weight excluding hydrogens is 288 g/mol. The smallest absolute Gasteiger partial charge is 0.140 e. The summed E-state index contributed by atoms with van der Waals surface area (Å²) in [6.07, 6.45) is 5.12. The number of nitrogens with zero attached hydrogens (tertiary/aromatic N) is 3. The Hall–Kier alpha value is -3.57. The molecule has 1 N–H and O–H groups in total. The number of pyridine rings is 1. The second-order valence-corrected chi connectivity index (χ2v) is 4.87. The Balaban J connectivity index is 2.08. The minimum Gasteiger partial charge on any atom is -0.497 e. The molecule has 2 aromatic heterocycles. The highest BCUT2D eigenvalue weighted by Gasteiger charge is 2.10. The lowest BCUT2D eigenvalue weighted by Gasteiger charge is -2.01. The van der Waals surface area contributed by atoms with E-state index in [2.05, 4.69) is 16.0 Å². The van der Waals surface area contributed by atoms with Crippen molar-refractivity contribution in [3.05, 3.63) is 59.5 Å². The van der Waals surface area contributed by atoms with E-state index in [0.29, 0.717) is 11.3 Å². The SMILES string of the molecule is COc1ccc2[nH]cc(C(C#N)=Cc3ccc(C#N)nc3)c2c1. The third-order valence-electron chi connectivity index (χ3n) is 3.51. The first-order valence-corrected chi connectivity index (χ1v) is 6.88. The van der Waals surface area contributed by atoms with Crippen molar-refractivity contribution in [2.45, 2.75) is 0 Å². The van der Waals surface area contributed by atoms with E-state index in [4.69, 9.17) is 10.00 Å². The van der Waals surface area contributed by atoms with Gasteiger partial charge in [-0.2, -0.15) is 10.5 Å². The zero-order valence-electron chi connectivity index (χ0n) is 12.4. The van der Waals surface area contributed by atoms with Crippen molar-refractivity contribution in [3.63, 3.8) is 0 Å². The Labute approximate surface area is 133 Å². The normalized spacial score (nSPS) is 11.0. The van der Waals surface area contributed by atoms with Crippen LogP contribution in [0.5, 0.6) is 5.75 Å². The van der Waals surface area contributed by atoms with Crippen LogP contribution in [0.15, 0.2) is 42.7 Å². The van der Waals surface area contributed by atoms with E-state index in [-0.39, 0.29) is 0 Å². The number of allylic oxidation sites excluding steroid dienone is 1. The Morgan fingerprint density at radius 2 is 2.13 bits per heavy atom. The predicted molar refractivity (Wildman–Crippen MR) is 87.3 cm³/mol. The molecule has 5 nitrogen and oxygen atoms in total. The van der Waals surface area contributed by atoms with Crippen LogP contribution < -0.4 is 4.74 Å². The second kappa shape index (κ2) is 6.05. The molecule has 0 aliphatic heterocycles. The van der Waals surface area contributed by atoms with Crippen LogP contribution in [0.2, 0.25) is 0 Å². The maximum absolute atomic E-state index is 9.51. The number of benzene rings is 1. The van der Waals surface area contributed by atoms with E-state index < -0.39 is 0 Å². The lowest BCUT2D eigenvalue weighted by atomic mass is 10.0. The van der Waals surface area contributed by atoms with Gasteiger partial charge in [-0.05, 0) is 35.9 Å². The summed E-state index contributed by atoms with van der Waals surface area (Å²) in [6.45, 7) is 0. The summed E-state index contributed by atoms with van der Waals surface area (Å²) in [6, 6.07) is 13.2. The molecule has 3 aromatic rings. The summed E-state index contributed by atoms with van der Waals surface area (Å²) >= 11 is 0. The van der Waals surface area contributed by atoms with Crippen molar-refractivity contribution >= 4 is 22.6 Å². The van der Waals surface area contributed by atoms with Gasteiger partial charge in [-0.25, -0.2) is 4.98 Å². The molecule has 0 bridgehead atoms. The van der Waals surface area contributed by atoms with E-state index >= 15 is 0 Å². The van der Waals surface area contributed by atoms with Gasteiger partial charge in [-0.15, -0.1) is 0 Å². The molecule has 0 fully saturated rings. The lowest BCUT2D eigenvalue weighted by Crippen LogP contribution is -1.85. The topological polar surface area (TPSA) is 85.5 Å². The monoisotopic (exact) mass is 300 g/mol. The quantitative estimate of drug-likeness (QED) is 0.750. The van der Waals surface area contributed by atoms with Crippen molar-refractivity contribution in [2.24, 2.45) is 0 Å². The Bertz CT molecular complexity index is 969. The van der Waals surface area contributed by atoms with Gasteiger partial charge in [0.25, 0.3) is 0 Å². The number of fused-ring (bicyclic) bond motifs is 1. The van der Waals surface area contributed by atoms with Crippen LogP contribution in [-0.2, 0) is 0 Å². The van der Waals surface area contributed by atoms with E-state index in [1.165, 1.54) is 0 Å². The van der Waals surface area contributed by atoms with Crippen LogP contribution in [0.1, 0.15) is 16.8 Å². The Morgan fingerprint density at radius 3 is 2.78 bits per heavy atom. The molecule has 0 saturated heterocycles. The number of ether oxygens (including phenoxy) is 1. The van der Waals surface area contributed by atoms with E-state index in [0.717, 1.165) is 27.8 Å². The predicted octanol–water partition coefficient (Wildman–Crippen LogP) is 3.51. The highest BCUT2D eigenvalue weighted by atomic mass is 16.5. The van der Waals surface area contributed by atoms with Crippen molar-refractivity contribution in [1.82, 2.24) is 9.97 Å². The average Bonchev–Trinajstić information content (AvgIpc) is 3.03. The second-order valence-electron chi connectivity index (χ2n) is 4.87. The van der Waals surface area contributed by atoms with Gasteiger partial charge in [-0.1, -0.05) is 6.07 Å². The molecule has 3 rings (SSSR count). The minimum atomic E-state index is 0.345. The molecule has 0 amide bonds. The van der Waals surface area contributed by atoms with E-state index in [1.807, 2.05) is 24.3 Å². The molecular formula is C18H12N4O. The van der Waals surface area contributed by atoms with Gasteiger partial charge in [0.1, 0.15) is 17.5 Å². The number of hydrogen-bond acceptors (Lipinski definition) is 4. The molecule has 0 saturated carbocycles. The fraction of sp³-hybridized carbons (Fsp3) is 0.0556. The van der Waals surface area contributed by atoms with Gasteiger partial charge < -0.3 is 9.72 Å². The van der Waals surface area contributed by atoms with Gasteiger partial charge in [0.15, 0.2) is 0 Å². The van der Waals surface area contributed by atoms with Crippen molar-refractivity contribution in [2.75, 3.05) is 7.11 Å². The molecule has 0 atom stereocenters. The number of rotatable bonds is 3. The lowest BCUT2D eigenvalue weighted by molar-refractivity contribution is 0.415. The molecule has 0 aliphatic carbocycles. The Kier molecular flexibility index (Phi) is 3.78. The average molecular weight is 300 g/mol. The Morgan fingerprint density at radius 1 is 1.26 bits per heavy atom. The summed E-state index contributed by atoms with van der Waals surface area (Å²) in [5.74, 6) is 0.732. The third-order valence-corrected chi connectivity index (χ3v) is 3.51. The fourth-order valence-corrected chi connectivity index (χ4v) is 2.34. The zero-order chi connectivity index (χ0) is 16.2. The number of nitriles is 2. The van der Waals surface area contributed by atoms with Crippen LogP contribution in [-0.4, -0.2) is 17.1 Å². The number of hydrogen-bond donors (Lipinski definition) is 1. The first-order valence-electron chi connectivity index (χ1n) is 6.88. The summed E-state index contributed by atoms with van der Waals surface area (Å²) in [7, 11) is 1.61. The maximum Gasteiger partial charge on any atom is 0.140 e. The molecule has 0 aliphatic rings. The van der Waals surface area contributed by atoms with Crippen molar-refractivity contribution in [3.8, 4) is 17.9 Å². The summed E-state index contributed by atoms with van der Waals surface area (Å²) in [5, 5.41) is 19.2. The fourth-order valence-electron chi connectivity index (χ4n) is 2.34. The van der Waals surface area contributed by atoms with Crippen LogP contribution in [0.3, 0.4) is 0 Å². The van der Waals surface area contributed by atoms with Gasteiger partial charge in [0.05, 0.1) is 18.8 Å². The highest BCUT2D eigenvalue weighted by Crippen LogP contribution is 2.29. The number of nitrogens with one attached hydrogen (secondary N) is 1. The molecule has 2 heterocycles. The molecule has 1 aromatic carbocycles. The molecule has 0 radical (unpaired) electrons. The minimum absolute atomic E-state index is 0.345. The first-order chi connectivity index (χ1) is 11.2. The summed E-state index contributed by atoms with van der Waals surface area (Å²) in [4.78, 5) is 7.16. The maximum atomic E-state index is 9.51. The van der Waals surface area contributed by atoms with Gasteiger partial charge in [-0.3, -0.25) is 0 Å².